The second-order valence-electron chi connectivity index (χ2n) is 17.6. The Labute approximate surface area is 365 Å². The first-order valence-corrected chi connectivity index (χ1v) is 22.0. The predicted octanol–water partition coefficient (Wildman–Crippen LogP) is 5.03. The smallest absolute Gasteiger partial charge is 0.301 e. The average Bonchev–Trinajstić information content (AvgIpc) is 4.08. The van der Waals surface area contributed by atoms with E-state index in [-0.39, 0.29) is 41.5 Å². The highest BCUT2D eigenvalue weighted by molar-refractivity contribution is 6.33. The summed E-state index contributed by atoms with van der Waals surface area (Å²) in [7, 11) is 3.40. The Morgan fingerprint density at radius 3 is 2.48 bits per heavy atom. The van der Waals surface area contributed by atoms with Gasteiger partial charge in [-0.15, -0.1) is 0 Å². The quantitative estimate of drug-likeness (QED) is 0.178. The van der Waals surface area contributed by atoms with E-state index in [1.54, 1.807) is 49.2 Å². The van der Waals surface area contributed by atoms with Crippen molar-refractivity contribution in [2.75, 3.05) is 68.0 Å². The van der Waals surface area contributed by atoms with Crippen LogP contribution in [0.1, 0.15) is 60.5 Å². The number of pyridine rings is 1. The van der Waals surface area contributed by atoms with E-state index in [1.807, 2.05) is 17.0 Å². The molecule has 2 atom stereocenters. The number of anilines is 4. The van der Waals surface area contributed by atoms with E-state index in [9.17, 15) is 19.2 Å². The second kappa shape index (κ2) is 16.0. The first-order valence-electron chi connectivity index (χ1n) is 21.6. The van der Waals surface area contributed by atoms with Crippen LogP contribution in [0.3, 0.4) is 0 Å². The molecule has 16 nitrogen and oxygen atoms in total. The van der Waals surface area contributed by atoms with Crippen molar-refractivity contribution in [3.63, 3.8) is 0 Å². The number of aryl methyl sites for hydroxylation is 2. The second-order valence-corrected chi connectivity index (χ2v) is 18.0. The van der Waals surface area contributed by atoms with Gasteiger partial charge in [-0.1, -0.05) is 17.7 Å². The molecule has 0 bridgehead atoms. The highest BCUT2D eigenvalue weighted by Crippen LogP contribution is 2.46. The standard InChI is InChI=1S/C44H48ClF2N11O5/c1-54-32-9-6-27(20-30(32)36-37(42(54)62)63-23-44(46,47)38(51-36)25-3-4-25)49-39-31(45)21-48-43(52-39)58-13-11-24(12-14-58)22-56-15-17-57(18-16-56)41(61)26-5-7-28-33(19-26)55(2)53-35(28)29-8-10-34(59)50-40(29)60/h5-7,9,19-21,24-25,29,38,51H,3-4,8,10-18,22-23H2,1-2H3,(H,48,49,52)(H,50,59,60). The van der Waals surface area contributed by atoms with Crippen LogP contribution in [0.15, 0.2) is 47.4 Å². The summed E-state index contributed by atoms with van der Waals surface area (Å²) in [6, 6.07) is 9.72. The lowest BCUT2D eigenvalue weighted by atomic mass is 9.92. The molecule has 5 aromatic rings. The van der Waals surface area contributed by atoms with E-state index in [1.165, 1.54) is 4.57 Å². The third-order valence-corrected chi connectivity index (χ3v) is 13.7. The molecule has 5 aliphatic rings. The number of benzene rings is 2. The van der Waals surface area contributed by atoms with Crippen LogP contribution in [-0.2, 0) is 23.7 Å². The summed E-state index contributed by atoms with van der Waals surface area (Å²) < 4.78 is 38.9. The first-order chi connectivity index (χ1) is 30.3. The van der Waals surface area contributed by atoms with Gasteiger partial charge >= 0.3 is 5.92 Å². The summed E-state index contributed by atoms with van der Waals surface area (Å²) >= 11 is 6.62. The molecule has 19 heteroatoms. The summed E-state index contributed by atoms with van der Waals surface area (Å²) in [5, 5.41) is 15.0. The Morgan fingerprint density at radius 2 is 1.73 bits per heavy atom. The number of alkyl halides is 2. The number of piperazine rings is 1. The van der Waals surface area contributed by atoms with Crippen LogP contribution in [0.25, 0.3) is 21.8 Å². The van der Waals surface area contributed by atoms with Crippen molar-refractivity contribution in [2.45, 2.75) is 56.4 Å². The van der Waals surface area contributed by atoms with E-state index >= 15 is 8.78 Å². The maximum absolute atomic E-state index is 15.2. The van der Waals surface area contributed by atoms with Gasteiger partial charge in [0.15, 0.2) is 12.4 Å². The Balaban J connectivity index is 0.752. The Hall–Kier alpha value is -5.88. The molecule has 2 unspecified atom stereocenters. The maximum Gasteiger partial charge on any atom is 0.301 e. The van der Waals surface area contributed by atoms with Crippen molar-refractivity contribution in [1.82, 2.24) is 39.4 Å². The van der Waals surface area contributed by atoms with Gasteiger partial charge in [0.2, 0.25) is 23.5 Å². The number of piperidine rings is 2. The molecule has 1 aliphatic carbocycles. The molecule has 3 N–H and O–H groups in total. The predicted molar refractivity (Wildman–Crippen MR) is 233 cm³/mol. The average molecular weight is 884 g/mol. The summed E-state index contributed by atoms with van der Waals surface area (Å²) in [5.41, 5.74) is 2.92. The van der Waals surface area contributed by atoms with Crippen LogP contribution in [-0.4, -0.2) is 116 Å². The number of nitrogens with zero attached hydrogens (tertiary/aromatic N) is 8. The molecular formula is C44H48ClF2N11O5. The van der Waals surface area contributed by atoms with Gasteiger partial charge < -0.3 is 29.7 Å². The minimum absolute atomic E-state index is 0.0340. The van der Waals surface area contributed by atoms with Crippen molar-refractivity contribution < 1.29 is 27.9 Å². The van der Waals surface area contributed by atoms with Crippen molar-refractivity contribution >= 4 is 74.3 Å². The Bertz CT molecular complexity index is 2720. The van der Waals surface area contributed by atoms with Gasteiger partial charge in [-0.25, -0.2) is 13.8 Å². The van der Waals surface area contributed by atoms with Crippen LogP contribution in [0, 0.1) is 11.8 Å². The zero-order valence-corrected chi connectivity index (χ0v) is 35.8. The molecule has 7 heterocycles. The van der Waals surface area contributed by atoms with Crippen molar-refractivity contribution in [1.29, 1.82) is 0 Å². The molecule has 3 saturated heterocycles. The lowest BCUT2D eigenvalue weighted by Gasteiger charge is -2.39. The Morgan fingerprint density at radius 1 is 0.952 bits per heavy atom. The van der Waals surface area contributed by atoms with Crippen LogP contribution in [0.5, 0.6) is 5.75 Å². The zero-order chi connectivity index (χ0) is 43.7. The number of carbonyl (C=O) groups excluding carboxylic acids is 3. The highest BCUT2D eigenvalue weighted by Gasteiger charge is 2.51. The molecule has 63 heavy (non-hydrogen) atoms. The molecule has 4 aliphatic heterocycles. The summed E-state index contributed by atoms with van der Waals surface area (Å²) in [6.07, 6.45) is 5.53. The lowest BCUT2D eigenvalue weighted by molar-refractivity contribution is -0.134. The molecule has 0 spiro atoms. The normalized spacial score (nSPS) is 22.0. The van der Waals surface area contributed by atoms with Crippen LogP contribution in [0.4, 0.5) is 31.9 Å². The number of ether oxygens (including phenoxy) is 1. The van der Waals surface area contributed by atoms with Gasteiger partial charge in [0.05, 0.1) is 40.6 Å². The Kier molecular flexibility index (Phi) is 10.5. The minimum Gasteiger partial charge on any atom is -0.480 e. The number of nitrogens with one attached hydrogen (secondary N) is 3. The van der Waals surface area contributed by atoms with Gasteiger partial charge in [0, 0.05) is 88.4 Å². The fourth-order valence-electron chi connectivity index (χ4n) is 9.65. The third-order valence-electron chi connectivity index (χ3n) is 13.4. The molecule has 3 aromatic heterocycles. The van der Waals surface area contributed by atoms with E-state index in [0.29, 0.717) is 82.9 Å². The van der Waals surface area contributed by atoms with Crippen LogP contribution >= 0.6 is 11.6 Å². The first kappa shape index (κ1) is 41.1. The number of hydrogen-bond donors (Lipinski definition) is 3. The maximum atomic E-state index is 15.2. The van der Waals surface area contributed by atoms with Crippen molar-refractivity contribution in [3.05, 3.63) is 69.2 Å². The molecule has 1 saturated carbocycles. The van der Waals surface area contributed by atoms with Crippen molar-refractivity contribution in [3.8, 4) is 5.75 Å². The number of halogens is 3. The summed E-state index contributed by atoms with van der Waals surface area (Å²) in [6.45, 7) is 4.39. The van der Waals surface area contributed by atoms with Crippen molar-refractivity contribution in [2.24, 2.45) is 25.9 Å². The van der Waals surface area contributed by atoms with Gasteiger partial charge in [-0.05, 0) is 74.3 Å². The molecule has 2 aromatic carbocycles. The van der Waals surface area contributed by atoms with Crippen LogP contribution < -0.4 is 31.1 Å². The number of amides is 3. The lowest BCUT2D eigenvalue weighted by Crippen LogP contribution is -2.50. The topological polar surface area (TPSA) is 172 Å². The summed E-state index contributed by atoms with van der Waals surface area (Å²) in [4.78, 5) is 67.0. The van der Waals surface area contributed by atoms with Gasteiger partial charge in [0.25, 0.3) is 11.5 Å². The molecule has 3 amide bonds. The number of imide groups is 1. The van der Waals surface area contributed by atoms with E-state index in [4.69, 9.17) is 21.3 Å². The van der Waals surface area contributed by atoms with E-state index in [0.717, 1.165) is 56.5 Å². The van der Waals surface area contributed by atoms with E-state index in [2.05, 4.69) is 35.8 Å². The van der Waals surface area contributed by atoms with Gasteiger partial charge in [-0.2, -0.15) is 10.1 Å². The fraction of sp³-hybridized carbons (Fsp3) is 0.477. The molecular weight excluding hydrogens is 836 g/mol. The molecule has 10 rings (SSSR count). The molecule has 4 fully saturated rings. The monoisotopic (exact) mass is 883 g/mol. The number of carbonyl (C=O) groups is 3. The summed E-state index contributed by atoms with van der Waals surface area (Å²) in [5.74, 6) is -3.18. The highest BCUT2D eigenvalue weighted by atomic mass is 35.5. The number of fused-ring (bicyclic) bond motifs is 4. The molecule has 330 valence electrons. The SMILES string of the molecule is Cn1nc(C2CCC(=O)NC2=O)c2ccc(C(=O)N3CCN(CC4CCN(c5ncc(Cl)c(Nc6ccc7c(c6)c6c(c(=O)n7C)OCC(F)(F)C(C7CC7)N6)n5)CC4)CC3)cc21. The van der Waals surface area contributed by atoms with Crippen LogP contribution in [0.2, 0.25) is 5.02 Å². The minimum atomic E-state index is -3.14. The number of rotatable bonds is 8. The number of hydrogen-bond acceptors (Lipinski definition) is 12. The molecule has 0 radical (unpaired) electrons. The van der Waals surface area contributed by atoms with Gasteiger partial charge in [0.1, 0.15) is 5.02 Å². The third kappa shape index (κ3) is 7.81. The zero-order valence-electron chi connectivity index (χ0n) is 35.0. The number of aromatic nitrogens is 5. The van der Waals surface area contributed by atoms with Gasteiger partial charge in [-0.3, -0.25) is 34.1 Å². The van der Waals surface area contributed by atoms with E-state index < -0.39 is 30.0 Å². The largest absolute Gasteiger partial charge is 0.480 e. The fourth-order valence-corrected chi connectivity index (χ4v) is 9.79.